The first-order valence-corrected chi connectivity index (χ1v) is 8.19. The van der Waals surface area contributed by atoms with Gasteiger partial charge in [0.2, 0.25) is 0 Å². The topological polar surface area (TPSA) is 0 Å². The van der Waals surface area contributed by atoms with Gasteiger partial charge in [-0.15, -0.1) is 11.8 Å². The highest BCUT2D eigenvalue weighted by Crippen LogP contribution is 2.07. The lowest BCUT2D eigenvalue weighted by atomic mass is 10.1. The molecule has 0 N–H and O–H groups in total. The molecule has 0 atom stereocenters. The molecule has 2 heteroatoms. The second-order valence-electron chi connectivity index (χ2n) is 3.60. The zero-order valence-electron chi connectivity index (χ0n) is 9.83. The average molecular weight is 348 g/mol. The summed E-state index contributed by atoms with van der Waals surface area (Å²) in [6, 6.07) is 0. The first-order valence-electron chi connectivity index (χ1n) is 5.95. The molecule has 0 spiro atoms. The lowest BCUT2D eigenvalue weighted by molar-refractivity contribution is 0.604. The van der Waals surface area contributed by atoms with E-state index < -0.39 is 0 Å². The summed E-state index contributed by atoms with van der Waals surface area (Å²) >= 11 is 6.58. The van der Waals surface area contributed by atoms with Gasteiger partial charge in [-0.2, -0.15) is 0 Å². The van der Waals surface area contributed by atoms with Gasteiger partial charge < -0.3 is 0 Å². The van der Waals surface area contributed by atoms with Crippen molar-refractivity contribution in [3.05, 3.63) is 0 Å². The van der Waals surface area contributed by atoms with E-state index in [0.717, 1.165) is 23.5 Å². The molecule has 0 nitrogen and oxygen atoms in total. The van der Waals surface area contributed by atoms with E-state index >= 15 is 0 Å². The molecule has 16 heavy (non-hydrogen) atoms. The van der Waals surface area contributed by atoms with Crippen LogP contribution in [0.15, 0.2) is 0 Å². The fourth-order valence-electron chi connectivity index (χ4n) is 1.41. The van der Waals surface area contributed by atoms with Crippen LogP contribution >= 0.6 is 31.9 Å². The van der Waals surface area contributed by atoms with Gasteiger partial charge in [0, 0.05) is 12.8 Å². The van der Waals surface area contributed by atoms with Crippen molar-refractivity contribution in [1.29, 1.82) is 0 Å². The largest absolute Gasteiger partial charge is 0.102 e. The van der Waals surface area contributed by atoms with Gasteiger partial charge in [-0.3, -0.25) is 0 Å². The van der Waals surface area contributed by atoms with Gasteiger partial charge in [0.15, 0.2) is 0 Å². The highest BCUT2D eigenvalue weighted by atomic mass is 79.9. The summed E-state index contributed by atoms with van der Waals surface area (Å²) in [6.45, 7) is 0. The summed E-state index contributed by atoms with van der Waals surface area (Å²) in [4.78, 5) is 0. The normalized spacial score (nSPS) is 8.88. The molecule has 0 unspecified atom stereocenters. The average Bonchev–Trinajstić information content (AvgIpc) is 2.31. The van der Waals surface area contributed by atoms with Gasteiger partial charge in [0.1, 0.15) is 0 Å². The van der Waals surface area contributed by atoms with Crippen molar-refractivity contribution >= 4 is 31.9 Å². The highest BCUT2D eigenvalue weighted by molar-refractivity contribution is 9.09. The van der Waals surface area contributed by atoms with E-state index in [0.29, 0.717) is 0 Å². The second kappa shape index (κ2) is 15.1. The van der Waals surface area contributed by atoms with Crippen molar-refractivity contribution < 1.29 is 0 Å². The maximum atomic E-state index is 3.29. The third kappa shape index (κ3) is 14.1. The standard InChI is InChI=1S/C14H20Br2/c15-13-11-9-7-5-3-1-2-4-6-8-10-12-14-16/h1-8,13-14H2. The molecule has 0 saturated heterocycles. The van der Waals surface area contributed by atoms with E-state index in [9.17, 15) is 0 Å². The minimum absolute atomic E-state index is 0.808. The van der Waals surface area contributed by atoms with E-state index in [4.69, 9.17) is 0 Å². The van der Waals surface area contributed by atoms with E-state index in [1.807, 2.05) is 0 Å². The van der Waals surface area contributed by atoms with Crippen molar-refractivity contribution in [3.63, 3.8) is 0 Å². The van der Waals surface area contributed by atoms with Gasteiger partial charge >= 0.3 is 0 Å². The number of hydrogen-bond donors (Lipinski definition) is 0. The molecule has 0 aromatic heterocycles. The Kier molecular flexibility index (Phi) is 15.2. The van der Waals surface area contributed by atoms with Crippen LogP contribution in [-0.2, 0) is 0 Å². The summed E-state index contributed by atoms with van der Waals surface area (Å²) < 4.78 is 0. The Morgan fingerprint density at radius 1 is 0.500 bits per heavy atom. The summed E-state index contributed by atoms with van der Waals surface area (Å²) in [5.74, 6) is 12.3. The van der Waals surface area contributed by atoms with Crippen LogP contribution in [0.3, 0.4) is 0 Å². The predicted octanol–water partition coefficient (Wildman–Crippen LogP) is 4.90. The SMILES string of the molecule is BrCC#CCCCCCCCCC#CCBr. The molecule has 0 saturated carbocycles. The zero-order valence-corrected chi connectivity index (χ0v) is 13.0. The van der Waals surface area contributed by atoms with Gasteiger partial charge in [-0.05, 0) is 12.8 Å². The van der Waals surface area contributed by atoms with Crippen LogP contribution in [0.2, 0.25) is 0 Å². The first-order chi connectivity index (χ1) is 7.91. The summed E-state index contributed by atoms with van der Waals surface area (Å²) in [5, 5.41) is 1.62. The Bertz CT molecular complexity index is 221. The van der Waals surface area contributed by atoms with Crippen LogP contribution in [0.1, 0.15) is 51.4 Å². The third-order valence-corrected chi connectivity index (χ3v) is 2.80. The lowest BCUT2D eigenvalue weighted by Gasteiger charge is -1.97. The van der Waals surface area contributed by atoms with E-state index in [2.05, 4.69) is 55.5 Å². The van der Waals surface area contributed by atoms with Crippen LogP contribution in [0, 0.1) is 23.7 Å². The molecule has 0 aliphatic heterocycles. The smallest absolute Gasteiger partial charge is 0.0645 e. The van der Waals surface area contributed by atoms with Crippen molar-refractivity contribution in [3.8, 4) is 23.7 Å². The molecular weight excluding hydrogens is 328 g/mol. The second-order valence-corrected chi connectivity index (χ2v) is 4.72. The van der Waals surface area contributed by atoms with E-state index in [1.54, 1.807) is 0 Å². The Morgan fingerprint density at radius 3 is 1.25 bits per heavy atom. The van der Waals surface area contributed by atoms with Gasteiger partial charge in [0.25, 0.3) is 0 Å². The minimum Gasteiger partial charge on any atom is -0.102 e. The summed E-state index contributed by atoms with van der Waals surface area (Å²) in [7, 11) is 0. The number of rotatable bonds is 7. The molecule has 0 aliphatic rings. The molecule has 0 aliphatic carbocycles. The Balaban J connectivity index is 3.04. The maximum Gasteiger partial charge on any atom is 0.0645 e. The van der Waals surface area contributed by atoms with E-state index in [1.165, 1.54) is 38.5 Å². The number of alkyl halides is 2. The summed E-state index contributed by atoms with van der Waals surface area (Å²) in [5.41, 5.74) is 0. The Morgan fingerprint density at radius 2 is 0.875 bits per heavy atom. The molecule has 0 radical (unpaired) electrons. The van der Waals surface area contributed by atoms with Crippen molar-refractivity contribution in [1.82, 2.24) is 0 Å². The quantitative estimate of drug-likeness (QED) is 0.349. The Hall–Kier alpha value is 0.0800. The number of unbranched alkanes of at least 4 members (excludes halogenated alkanes) is 7. The molecular formula is C14H20Br2. The summed E-state index contributed by atoms with van der Waals surface area (Å²) in [6.07, 6.45) is 9.97. The van der Waals surface area contributed by atoms with Crippen LogP contribution < -0.4 is 0 Å². The Labute approximate surface area is 117 Å². The third-order valence-electron chi connectivity index (χ3n) is 2.24. The van der Waals surface area contributed by atoms with Gasteiger partial charge in [0.05, 0.1) is 10.7 Å². The fraction of sp³-hybridized carbons (Fsp3) is 0.714. The zero-order chi connectivity index (χ0) is 11.9. The molecule has 0 bridgehead atoms. The highest BCUT2D eigenvalue weighted by Gasteiger charge is 1.89. The van der Waals surface area contributed by atoms with Crippen LogP contribution in [0.25, 0.3) is 0 Å². The molecule has 0 aromatic rings. The van der Waals surface area contributed by atoms with Crippen molar-refractivity contribution in [2.75, 3.05) is 10.7 Å². The van der Waals surface area contributed by atoms with Crippen LogP contribution in [0.5, 0.6) is 0 Å². The first kappa shape index (κ1) is 16.1. The molecule has 0 rings (SSSR count). The fourth-order valence-corrected chi connectivity index (χ4v) is 1.80. The predicted molar refractivity (Wildman–Crippen MR) is 80.1 cm³/mol. The molecule has 0 heterocycles. The van der Waals surface area contributed by atoms with Gasteiger partial charge in [-0.25, -0.2) is 0 Å². The van der Waals surface area contributed by atoms with Crippen LogP contribution in [-0.4, -0.2) is 10.7 Å². The molecule has 0 aromatic carbocycles. The van der Waals surface area contributed by atoms with Crippen LogP contribution in [0.4, 0.5) is 0 Å². The lowest BCUT2D eigenvalue weighted by Crippen LogP contribution is -1.79. The van der Waals surface area contributed by atoms with Crippen molar-refractivity contribution in [2.24, 2.45) is 0 Å². The van der Waals surface area contributed by atoms with Gasteiger partial charge in [-0.1, -0.05) is 69.4 Å². The monoisotopic (exact) mass is 346 g/mol. The van der Waals surface area contributed by atoms with Crippen molar-refractivity contribution in [2.45, 2.75) is 51.4 Å². The van der Waals surface area contributed by atoms with E-state index in [-0.39, 0.29) is 0 Å². The maximum absolute atomic E-state index is 3.29. The molecule has 0 amide bonds. The number of hydrogen-bond acceptors (Lipinski definition) is 0. The molecule has 90 valence electrons. The molecule has 0 fully saturated rings. The number of halogens is 2. The minimum atomic E-state index is 0.808.